The van der Waals surface area contributed by atoms with Crippen molar-refractivity contribution in [3.05, 3.63) is 71.3 Å². The second-order valence-electron chi connectivity index (χ2n) is 7.74. The Hall–Kier alpha value is -2.48. The van der Waals surface area contributed by atoms with Gasteiger partial charge in [-0.1, -0.05) is 36.4 Å². The van der Waals surface area contributed by atoms with Crippen molar-refractivity contribution >= 4 is 23.5 Å². The fourth-order valence-electron chi connectivity index (χ4n) is 4.47. The molecule has 2 aromatic rings. The number of phenolic OH excluding ortho intramolecular Hbond substituents is 1. The molecular weight excluding hydrogens is 491 g/mol. The predicted molar refractivity (Wildman–Crippen MR) is 113 cm³/mol. The SMILES string of the molecule is CC[N+]1=C(/C=C/c2cccc(O)c2)N(C(C)C)C2C(=O)c3ccccc3C(=O)C21.[I-]. The molecular formula is C24H25IN2O3. The van der Waals surface area contributed by atoms with Gasteiger partial charge in [-0.3, -0.25) is 9.59 Å². The molecule has 1 aliphatic carbocycles. The number of halogens is 1. The standard InChI is InChI=1S/C24H24N2O3.HI/c1-4-25-20(13-12-16-8-7-9-17(27)14-16)26(15(2)3)22-21(25)23(28)18-10-5-6-11-19(18)24(22)29;/h5-15,21-22H,4H2,1-3H3;1H/b13-12+;. The lowest BCUT2D eigenvalue weighted by atomic mass is 9.82. The zero-order valence-corrected chi connectivity index (χ0v) is 19.4. The summed E-state index contributed by atoms with van der Waals surface area (Å²) >= 11 is 0. The minimum absolute atomic E-state index is 0. The summed E-state index contributed by atoms with van der Waals surface area (Å²) < 4.78 is 2.03. The van der Waals surface area contributed by atoms with Gasteiger partial charge in [-0.15, -0.1) is 0 Å². The number of carbonyl (C=O) groups excluding carboxylic acids is 2. The molecule has 1 heterocycles. The Kier molecular flexibility index (Phi) is 6.45. The van der Waals surface area contributed by atoms with E-state index in [0.29, 0.717) is 17.7 Å². The number of fused-ring (bicyclic) bond motifs is 2. The number of benzene rings is 2. The highest BCUT2D eigenvalue weighted by atomic mass is 127. The van der Waals surface area contributed by atoms with Crippen LogP contribution < -0.4 is 24.0 Å². The van der Waals surface area contributed by atoms with Crippen LogP contribution in [0.2, 0.25) is 0 Å². The smallest absolute Gasteiger partial charge is 0.273 e. The first-order chi connectivity index (χ1) is 13.9. The number of amidine groups is 1. The van der Waals surface area contributed by atoms with Crippen LogP contribution in [-0.4, -0.2) is 56.7 Å². The number of phenols is 1. The quantitative estimate of drug-likeness (QED) is 0.472. The van der Waals surface area contributed by atoms with Gasteiger partial charge in [-0.2, -0.15) is 0 Å². The van der Waals surface area contributed by atoms with E-state index in [2.05, 4.69) is 4.90 Å². The molecule has 0 bridgehead atoms. The van der Waals surface area contributed by atoms with E-state index in [1.165, 1.54) is 0 Å². The maximum atomic E-state index is 13.4. The van der Waals surface area contributed by atoms with Crippen LogP contribution in [-0.2, 0) is 0 Å². The first-order valence-electron chi connectivity index (χ1n) is 10.0. The van der Waals surface area contributed by atoms with Crippen LogP contribution in [0.3, 0.4) is 0 Å². The highest BCUT2D eigenvalue weighted by Gasteiger charge is 2.58. The van der Waals surface area contributed by atoms with Crippen LogP contribution in [0.15, 0.2) is 54.6 Å². The zero-order valence-electron chi connectivity index (χ0n) is 17.2. The summed E-state index contributed by atoms with van der Waals surface area (Å²) in [4.78, 5) is 28.8. The molecule has 1 aliphatic heterocycles. The van der Waals surface area contributed by atoms with Crippen molar-refractivity contribution in [2.75, 3.05) is 6.54 Å². The van der Waals surface area contributed by atoms with E-state index in [4.69, 9.17) is 0 Å². The van der Waals surface area contributed by atoms with Gasteiger partial charge < -0.3 is 29.1 Å². The number of ketones is 2. The Morgan fingerprint density at radius 2 is 1.70 bits per heavy atom. The predicted octanol–water partition coefficient (Wildman–Crippen LogP) is 0.381. The summed E-state index contributed by atoms with van der Waals surface area (Å²) in [6, 6.07) is 13.1. The fraction of sp³-hybridized carbons (Fsp3) is 0.292. The maximum absolute atomic E-state index is 13.4. The topological polar surface area (TPSA) is 60.6 Å². The molecule has 2 unspecified atom stereocenters. The molecule has 156 valence electrons. The number of carbonyl (C=O) groups is 2. The summed E-state index contributed by atoms with van der Waals surface area (Å²) in [5.41, 5.74) is 1.88. The van der Waals surface area contributed by atoms with Crippen molar-refractivity contribution < 1.29 is 43.2 Å². The number of nitrogens with zero attached hydrogens (tertiary/aromatic N) is 2. The summed E-state index contributed by atoms with van der Waals surface area (Å²) in [7, 11) is 0. The summed E-state index contributed by atoms with van der Waals surface area (Å²) in [6.07, 6.45) is 3.86. The molecule has 6 heteroatoms. The number of likely N-dealkylation sites (N-methyl/N-ethyl adjacent to an activating group) is 1. The first-order valence-corrected chi connectivity index (χ1v) is 10.0. The summed E-state index contributed by atoms with van der Waals surface area (Å²) in [6.45, 7) is 6.69. The molecule has 0 saturated carbocycles. The van der Waals surface area contributed by atoms with E-state index >= 15 is 0 Å². The van der Waals surface area contributed by atoms with E-state index in [9.17, 15) is 14.7 Å². The molecule has 2 aromatic carbocycles. The van der Waals surface area contributed by atoms with Gasteiger partial charge in [0.1, 0.15) is 5.75 Å². The molecule has 0 amide bonds. The van der Waals surface area contributed by atoms with Gasteiger partial charge in [0.05, 0.1) is 12.6 Å². The third-order valence-electron chi connectivity index (χ3n) is 5.68. The van der Waals surface area contributed by atoms with E-state index in [1.807, 2.05) is 55.7 Å². The highest BCUT2D eigenvalue weighted by Crippen LogP contribution is 2.32. The fourth-order valence-corrected chi connectivity index (χ4v) is 4.47. The Labute approximate surface area is 193 Å². The van der Waals surface area contributed by atoms with Gasteiger partial charge in [0.2, 0.25) is 23.7 Å². The normalized spacial score (nSPS) is 20.6. The lowest BCUT2D eigenvalue weighted by Gasteiger charge is -2.28. The number of rotatable bonds is 4. The van der Waals surface area contributed by atoms with Gasteiger partial charge in [0.15, 0.2) is 0 Å². The zero-order chi connectivity index (χ0) is 20.7. The van der Waals surface area contributed by atoms with Crippen molar-refractivity contribution in [3.63, 3.8) is 0 Å². The second kappa shape index (κ2) is 8.71. The molecule has 0 radical (unpaired) electrons. The number of hydrogen-bond donors (Lipinski definition) is 1. The van der Waals surface area contributed by atoms with Gasteiger partial charge in [-0.25, -0.2) is 9.48 Å². The summed E-state index contributed by atoms with van der Waals surface area (Å²) in [5, 5.41) is 9.73. The monoisotopic (exact) mass is 516 g/mol. The average molecular weight is 516 g/mol. The molecule has 5 nitrogen and oxygen atoms in total. The van der Waals surface area contributed by atoms with Gasteiger partial charge >= 0.3 is 0 Å². The van der Waals surface area contributed by atoms with Crippen LogP contribution in [0.1, 0.15) is 47.1 Å². The largest absolute Gasteiger partial charge is 1.00 e. The van der Waals surface area contributed by atoms with Crippen LogP contribution in [0, 0.1) is 0 Å². The molecule has 4 rings (SSSR count). The lowest BCUT2D eigenvalue weighted by molar-refractivity contribution is -0.538. The van der Waals surface area contributed by atoms with E-state index in [0.717, 1.165) is 11.4 Å². The Morgan fingerprint density at radius 3 is 2.30 bits per heavy atom. The average Bonchev–Trinajstić information content (AvgIpc) is 3.05. The third kappa shape index (κ3) is 3.57. The maximum Gasteiger partial charge on any atom is 0.273 e. The van der Waals surface area contributed by atoms with Crippen molar-refractivity contribution in [3.8, 4) is 5.75 Å². The van der Waals surface area contributed by atoms with Crippen LogP contribution in [0.25, 0.3) is 6.08 Å². The van der Waals surface area contributed by atoms with Crippen molar-refractivity contribution in [2.45, 2.75) is 38.9 Å². The Balaban J connectivity index is 0.00000256. The minimum Gasteiger partial charge on any atom is -1.00 e. The summed E-state index contributed by atoms with van der Waals surface area (Å²) in [5.74, 6) is 1.05. The minimum atomic E-state index is -0.527. The van der Waals surface area contributed by atoms with E-state index in [-0.39, 0.29) is 47.3 Å². The molecule has 0 spiro atoms. The van der Waals surface area contributed by atoms with Crippen LogP contribution in [0.4, 0.5) is 0 Å². The molecule has 0 fully saturated rings. The highest BCUT2D eigenvalue weighted by molar-refractivity contribution is 6.20. The molecule has 2 atom stereocenters. The molecule has 0 aromatic heterocycles. The van der Waals surface area contributed by atoms with Crippen LogP contribution >= 0.6 is 0 Å². The molecule has 0 saturated heterocycles. The molecule has 30 heavy (non-hydrogen) atoms. The number of hydrogen-bond acceptors (Lipinski definition) is 4. The van der Waals surface area contributed by atoms with Gasteiger partial charge in [0.25, 0.3) is 5.84 Å². The van der Waals surface area contributed by atoms with Gasteiger partial charge in [0, 0.05) is 17.2 Å². The van der Waals surface area contributed by atoms with Crippen molar-refractivity contribution in [2.24, 2.45) is 0 Å². The molecule has 1 N–H and O–H groups in total. The lowest BCUT2D eigenvalue weighted by Crippen LogP contribution is -3.00. The second-order valence-corrected chi connectivity index (χ2v) is 7.74. The van der Waals surface area contributed by atoms with E-state index in [1.54, 1.807) is 30.3 Å². The third-order valence-corrected chi connectivity index (χ3v) is 5.68. The van der Waals surface area contributed by atoms with Crippen LogP contribution in [0.5, 0.6) is 5.75 Å². The van der Waals surface area contributed by atoms with E-state index < -0.39 is 12.1 Å². The molecule has 2 aliphatic rings. The number of aromatic hydroxyl groups is 1. The van der Waals surface area contributed by atoms with Crippen molar-refractivity contribution in [1.29, 1.82) is 0 Å². The number of Topliss-reactive ketones (excluding diaryl/α,β-unsaturated/α-hetero) is 2. The van der Waals surface area contributed by atoms with Gasteiger partial charge in [-0.05, 0) is 44.5 Å². The van der Waals surface area contributed by atoms with Crippen molar-refractivity contribution in [1.82, 2.24) is 4.90 Å². The first kappa shape index (κ1) is 22.2. The Bertz CT molecular complexity index is 1060. The Morgan fingerprint density at radius 1 is 1.03 bits per heavy atom.